The minimum atomic E-state index is -0.170. The molecule has 0 fully saturated rings. The Morgan fingerprint density at radius 3 is 2.06 bits per heavy atom. The Labute approximate surface area is 210 Å². The zero-order valence-electron chi connectivity index (χ0n) is 20.2. The lowest BCUT2D eigenvalue weighted by atomic mass is 9.87. The molecule has 0 saturated carbocycles. The van der Waals surface area contributed by atoms with Crippen LogP contribution in [0.25, 0.3) is 22.0 Å². The zero-order valence-corrected chi connectivity index (χ0v) is 21.0. The number of amides is 1. The van der Waals surface area contributed by atoms with Crippen LogP contribution in [-0.4, -0.2) is 10.6 Å². The number of hydrogen-bond donors (Lipinski definition) is 1. The fourth-order valence-corrected chi connectivity index (χ4v) is 5.07. The number of para-hydroxylation sites is 1. The van der Waals surface area contributed by atoms with Crippen molar-refractivity contribution in [2.75, 3.05) is 5.32 Å². The average molecular weight is 477 g/mol. The van der Waals surface area contributed by atoms with E-state index in [2.05, 4.69) is 92.8 Å². The molecule has 0 bridgehead atoms. The van der Waals surface area contributed by atoms with Gasteiger partial charge in [-0.2, -0.15) is 0 Å². The molecule has 5 rings (SSSR count). The lowest BCUT2D eigenvalue weighted by Crippen LogP contribution is -2.18. The maximum Gasteiger partial charge on any atom is 0.330 e. The van der Waals surface area contributed by atoms with Crippen LogP contribution in [0.15, 0.2) is 119 Å². The Kier molecular flexibility index (Phi) is 6.23. The second kappa shape index (κ2) is 9.47. The Balaban J connectivity index is 1.39. The fourth-order valence-electron chi connectivity index (χ4n) is 4.11. The van der Waals surface area contributed by atoms with E-state index in [1.165, 1.54) is 16.7 Å². The van der Waals surface area contributed by atoms with E-state index in [4.69, 9.17) is 0 Å². The van der Waals surface area contributed by atoms with Crippen LogP contribution in [0.3, 0.4) is 0 Å². The number of carbonyl (C=O) groups is 1. The summed E-state index contributed by atoms with van der Waals surface area (Å²) in [5.41, 5.74) is 5.37. The summed E-state index contributed by atoms with van der Waals surface area (Å²) >= 11 is 1.67. The van der Waals surface area contributed by atoms with Crippen molar-refractivity contribution in [2.45, 2.75) is 36.0 Å². The van der Waals surface area contributed by atoms with Gasteiger partial charge in [0.2, 0.25) is 0 Å². The van der Waals surface area contributed by atoms with Crippen LogP contribution in [0.4, 0.5) is 10.5 Å². The Hall–Kier alpha value is -3.76. The number of carbonyl (C=O) groups excluding carboxylic acids is 1. The number of rotatable bonds is 4. The summed E-state index contributed by atoms with van der Waals surface area (Å²) in [6.45, 7) is 6.54. The number of nitrogens with zero attached hydrogens (tertiary/aromatic N) is 1. The molecule has 1 amide bonds. The number of aromatic nitrogens is 1. The molecule has 4 aromatic carbocycles. The van der Waals surface area contributed by atoms with Crippen LogP contribution in [0.5, 0.6) is 0 Å². The number of hydrogen-bond acceptors (Lipinski definition) is 2. The molecule has 0 radical (unpaired) electrons. The highest BCUT2D eigenvalue weighted by Gasteiger charge is 2.16. The van der Waals surface area contributed by atoms with Gasteiger partial charge in [-0.05, 0) is 52.4 Å². The fraction of sp³-hybridized carbons (Fsp3) is 0.129. The van der Waals surface area contributed by atoms with Gasteiger partial charge in [0.25, 0.3) is 0 Å². The predicted octanol–water partition coefficient (Wildman–Crippen LogP) is 8.84. The maximum atomic E-state index is 13.2. The quantitative estimate of drug-likeness (QED) is 0.281. The van der Waals surface area contributed by atoms with E-state index >= 15 is 0 Å². The van der Waals surface area contributed by atoms with Gasteiger partial charge in [-0.15, -0.1) is 0 Å². The lowest BCUT2D eigenvalue weighted by molar-refractivity contribution is 0.254. The summed E-state index contributed by atoms with van der Waals surface area (Å²) in [5.74, 6) is 0. The van der Waals surface area contributed by atoms with Crippen molar-refractivity contribution in [3.8, 4) is 11.1 Å². The van der Waals surface area contributed by atoms with Crippen LogP contribution in [0.1, 0.15) is 26.3 Å². The Bertz CT molecular complexity index is 1460. The molecule has 1 heterocycles. The molecule has 35 heavy (non-hydrogen) atoms. The second-order valence-electron chi connectivity index (χ2n) is 9.63. The monoisotopic (exact) mass is 476 g/mol. The molecule has 174 valence electrons. The average Bonchev–Trinajstić information content (AvgIpc) is 3.23. The molecule has 0 aliphatic rings. The first-order chi connectivity index (χ1) is 16.9. The van der Waals surface area contributed by atoms with Crippen molar-refractivity contribution in [1.29, 1.82) is 0 Å². The van der Waals surface area contributed by atoms with Gasteiger partial charge in [-0.3, -0.25) is 4.57 Å². The van der Waals surface area contributed by atoms with Crippen molar-refractivity contribution < 1.29 is 4.79 Å². The largest absolute Gasteiger partial charge is 0.330 e. The molecule has 0 aliphatic carbocycles. The van der Waals surface area contributed by atoms with Gasteiger partial charge < -0.3 is 5.32 Å². The summed E-state index contributed by atoms with van der Waals surface area (Å²) in [4.78, 5) is 15.4. The van der Waals surface area contributed by atoms with Crippen molar-refractivity contribution in [2.24, 2.45) is 0 Å². The first-order valence-electron chi connectivity index (χ1n) is 11.7. The van der Waals surface area contributed by atoms with Gasteiger partial charge in [0.05, 0.1) is 5.52 Å². The second-order valence-corrected chi connectivity index (χ2v) is 10.7. The first-order valence-corrected chi connectivity index (χ1v) is 12.6. The zero-order chi connectivity index (χ0) is 24.4. The van der Waals surface area contributed by atoms with Gasteiger partial charge in [-0.25, -0.2) is 4.79 Å². The normalized spacial score (nSPS) is 11.5. The van der Waals surface area contributed by atoms with Crippen LogP contribution in [0.2, 0.25) is 0 Å². The standard InChI is InChI=1S/C31H28N2OS/c1-31(2,3)24-15-17-25(18-16-24)32-30(34)33-21-29(27-11-7-8-12-28(27)33)35-26-19-13-23(14-20-26)22-9-5-4-6-10-22/h4-21H,1-3H3,(H,32,34). The van der Waals surface area contributed by atoms with Crippen LogP contribution < -0.4 is 5.32 Å². The SMILES string of the molecule is CC(C)(C)c1ccc(NC(=O)n2cc(Sc3ccc(-c4ccccc4)cc3)c3ccccc32)cc1. The van der Waals surface area contributed by atoms with E-state index in [0.717, 1.165) is 26.4 Å². The number of nitrogens with one attached hydrogen (secondary N) is 1. The minimum absolute atomic E-state index is 0.0740. The van der Waals surface area contributed by atoms with E-state index in [1.54, 1.807) is 16.3 Å². The van der Waals surface area contributed by atoms with Crippen LogP contribution in [0, 0.1) is 0 Å². The molecule has 0 spiro atoms. The third-order valence-corrected chi connectivity index (χ3v) is 7.14. The summed E-state index contributed by atoms with van der Waals surface area (Å²) in [7, 11) is 0. The van der Waals surface area contributed by atoms with Crippen LogP contribution in [-0.2, 0) is 5.41 Å². The van der Waals surface area contributed by atoms with Crippen molar-refractivity contribution >= 4 is 34.4 Å². The van der Waals surface area contributed by atoms with E-state index in [0.29, 0.717) is 0 Å². The predicted molar refractivity (Wildman–Crippen MR) is 147 cm³/mol. The third-order valence-electron chi connectivity index (χ3n) is 6.09. The highest BCUT2D eigenvalue weighted by molar-refractivity contribution is 7.99. The summed E-state index contributed by atoms with van der Waals surface area (Å²) in [5, 5.41) is 4.10. The van der Waals surface area contributed by atoms with E-state index in [-0.39, 0.29) is 11.4 Å². The summed E-state index contributed by atoms with van der Waals surface area (Å²) < 4.78 is 1.70. The molecular formula is C31H28N2OS. The van der Waals surface area contributed by atoms with Crippen molar-refractivity contribution in [1.82, 2.24) is 4.57 Å². The molecular weight excluding hydrogens is 448 g/mol. The van der Waals surface area contributed by atoms with Gasteiger partial charge in [0.1, 0.15) is 0 Å². The van der Waals surface area contributed by atoms with E-state index in [9.17, 15) is 4.79 Å². The van der Waals surface area contributed by atoms with E-state index < -0.39 is 0 Å². The molecule has 0 atom stereocenters. The molecule has 0 aliphatic heterocycles. The number of fused-ring (bicyclic) bond motifs is 1. The highest BCUT2D eigenvalue weighted by Crippen LogP contribution is 2.36. The Morgan fingerprint density at radius 1 is 0.743 bits per heavy atom. The third kappa shape index (κ3) is 5.03. The smallest absolute Gasteiger partial charge is 0.307 e. The minimum Gasteiger partial charge on any atom is -0.307 e. The number of anilines is 1. The first kappa shape index (κ1) is 23.0. The molecule has 5 aromatic rings. The van der Waals surface area contributed by atoms with Gasteiger partial charge >= 0.3 is 6.03 Å². The highest BCUT2D eigenvalue weighted by atomic mass is 32.2. The molecule has 1 aromatic heterocycles. The summed E-state index contributed by atoms with van der Waals surface area (Å²) in [6.07, 6.45) is 1.93. The molecule has 0 unspecified atom stereocenters. The topological polar surface area (TPSA) is 34.0 Å². The molecule has 4 heteroatoms. The lowest BCUT2D eigenvalue weighted by Gasteiger charge is -2.19. The van der Waals surface area contributed by atoms with Gasteiger partial charge in [0.15, 0.2) is 0 Å². The van der Waals surface area contributed by atoms with Crippen molar-refractivity contribution in [3.63, 3.8) is 0 Å². The molecule has 0 saturated heterocycles. The Morgan fingerprint density at radius 2 is 1.37 bits per heavy atom. The van der Waals surface area contributed by atoms with Gasteiger partial charge in [0, 0.05) is 27.1 Å². The maximum absolute atomic E-state index is 13.2. The van der Waals surface area contributed by atoms with Crippen molar-refractivity contribution in [3.05, 3.63) is 115 Å². The molecule has 1 N–H and O–H groups in total. The van der Waals surface area contributed by atoms with E-state index in [1.807, 2.05) is 42.6 Å². The van der Waals surface area contributed by atoms with Crippen LogP contribution >= 0.6 is 11.8 Å². The van der Waals surface area contributed by atoms with Gasteiger partial charge in [-0.1, -0.05) is 105 Å². The number of benzene rings is 4. The molecule has 3 nitrogen and oxygen atoms in total. The summed E-state index contributed by atoms with van der Waals surface area (Å²) in [6, 6.07) is 34.9.